The number of hydrogen-bond acceptors (Lipinski definition) is 7. The molecule has 8 nitrogen and oxygen atoms in total. The summed E-state index contributed by atoms with van der Waals surface area (Å²) in [5, 5.41) is 0. The van der Waals surface area contributed by atoms with Crippen molar-refractivity contribution in [3.63, 3.8) is 0 Å². The second kappa shape index (κ2) is 8.15. The van der Waals surface area contributed by atoms with Crippen LogP contribution in [0.25, 0.3) is 0 Å². The van der Waals surface area contributed by atoms with E-state index in [9.17, 15) is 4.79 Å². The highest BCUT2D eigenvalue weighted by Gasteiger charge is 2.43. The minimum absolute atomic E-state index is 0.0254. The highest BCUT2D eigenvalue weighted by molar-refractivity contribution is 5.98. The summed E-state index contributed by atoms with van der Waals surface area (Å²) in [7, 11) is 4.67. The topological polar surface area (TPSA) is 77.0 Å². The summed E-state index contributed by atoms with van der Waals surface area (Å²) >= 11 is 0. The van der Waals surface area contributed by atoms with Crippen LogP contribution in [0.4, 0.5) is 5.82 Å². The van der Waals surface area contributed by atoms with Crippen molar-refractivity contribution in [2.24, 2.45) is 11.8 Å². The van der Waals surface area contributed by atoms with Gasteiger partial charge < -0.3 is 24.0 Å². The molecule has 0 N–H and O–H groups in total. The molecule has 2 atom stereocenters. The number of benzene rings is 1. The third kappa shape index (κ3) is 3.32. The molecule has 32 heavy (non-hydrogen) atoms. The molecule has 5 rings (SSSR count). The van der Waals surface area contributed by atoms with Gasteiger partial charge >= 0.3 is 0 Å². The Morgan fingerprint density at radius 1 is 0.938 bits per heavy atom. The molecule has 2 saturated heterocycles. The van der Waals surface area contributed by atoms with Gasteiger partial charge in [0, 0.05) is 49.3 Å². The Kier molecular flexibility index (Phi) is 5.31. The lowest BCUT2D eigenvalue weighted by Gasteiger charge is -2.25. The maximum Gasteiger partial charge on any atom is 0.257 e. The number of carbonyl (C=O) groups excluding carboxylic acids is 1. The Balaban J connectivity index is 1.33. The molecule has 2 fully saturated rings. The zero-order valence-electron chi connectivity index (χ0n) is 19.2. The average molecular weight is 439 g/mol. The first-order chi connectivity index (χ1) is 15.5. The number of rotatable bonds is 5. The van der Waals surface area contributed by atoms with Gasteiger partial charge in [0.2, 0.25) is 5.75 Å². The van der Waals surface area contributed by atoms with Crippen LogP contribution in [0.15, 0.2) is 12.1 Å². The number of carbonyl (C=O) groups is 1. The molecular formula is C24H30N4O4. The van der Waals surface area contributed by atoms with Crippen molar-refractivity contribution in [3.05, 3.63) is 34.8 Å². The minimum atomic E-state index is -0.0254. The number of fused-ring (bicyclic) bond motifs is 2. The molecule has 0 radical (unpaired) electrons. The van der Waals surface area contributed by atoms with Crippen LogP contribution in [-0.4, -0.2) is 68.3 Å². The first kappa shape index (κ1) is 20.8. The van der Waals surface area contributed by atoms with E-state index in [-0.39, 0.29) is 5.91 Å². The normalized spacial score (nSPS) is 21.5. The van der Waals surface area contributed by atoms with Crippen LogP contribution in [-0.2, 0) is 12.8 Å². The Bertz CT molecular complexity index is 1040. The molecular weight excluding hydrogens is 408 g/mol. The molecule has 170 valence electrons. The van der Waals surface area contributed by atoms with Crippen LogP contribution >= 0.6 is 0 Å². The Labute approximate surface area is 188 Å². The zero-order valence-corrected chi connectivity index (χ0v) is 19.2. The van der Waals surface area contributed by atoms with E-state index in [0.29, 0.717) is 34.6 Å². The number of ether oxygens (including phenoxy) is 3. The maximum absolute atomic E-state index is 13.4. The summed E-state index contributed by atoms with van der Waals surface area (Å²) in [6.45, 7) is 5.32. The lowest BCUT2D eigenvalue weighted by Crippen LogP contribution is -2.34. The van der Waals surface area contributed by atoms with Gasteiger partial charge in [0.05, 0.1) is 26.9 Å². The average Bonchev–Trinajstić information content (AvgIpc) is 3.51. The largest absolute Gasteiger partial charge is 0.493 e. The monoisotopic (exact) mass is 438 g/mol. The number of methoxy groups -OCH3 is 3. The summed E-state index contributed by atoms with van der Waals surface area (Å²) in [5.41, 5.74) is 3.06. The molecule has 2 unspecified atom stereocenters. The van der Waals surface area contributed by atoms with E-state index in [4.69, 9.17) is 19.2 Å². The second-order valence-electron chi connectivity index (χ2n) is 8.89. The molecule has 1 aromatic heterocycles. The van der Waals surface area contributed by atoms with E-state index in [1.54, 1.807) is 33.5 Å². The molecule has 1 aromatic carbocycles. The number of aryl methyl sites for hydroxylation is 2. The fourth-order valence-corrected chi connectivity index (χ4v) is 5.57. The highest BCUT2D eigenvalue weighted by Crippen LogP contribution is 2.42. The third-order valence-electron chi connectivity index (χ3n) is 7.03. The number of amides is 1. The molecule has 3 aliphatic rings. The Hall–Kier alpha value is -3.03. The first-order valence-corrected chi connectivity index (χ1v) is 11.2. The van der Waals surface area contributed by atoms with Crippen molar-refractivity contribution in [2.75, 3.05) is 52.4 Å². The van der Waals surface area contributed by atoms with E-state index in [1.807, 2.05) is 11.8 Å². The SMILES string of the molecule is COc1ccc(C(=O)N2CC3CN(c4nc(C)nc5c4CCC5)CC3C2)c(OC)c1OC. The number of hydrogen-bond donors (Lipinski definition) is 0. The number of aromatic nitrogens is 2. The van der Waals surface area contributed by atoms with Crippen LogP contribution in [0.2, 0.25) is 0 Å². The smallest absolute Gasteiger partial charge is 0.257 e. The van der Waals surface area contributed by atoms with Crippen molar-refractivity contribution >= 4 is 11.7 Å². The van der Waals surface area contributed by atoms with Gasteiger partial charge in [-0.15, -0.1) is 0 Å². The minimum Gasteiger partial charge on any atom is -0.493 e. The maximum atomic E-state index is 13.4. The van der Waals surface area contributed by atoms with Gasteiger partial charge in [-0.05, 0) is 38.3 Å². The van der Waals surface area contributed by atoms with Crippen molar-refractivity contribution < 1.29 is 19.0 Å². The molecule has 3 heterocycles. The van der Waals surface area contributed by atoms with E-state index in [0.717, 1.165) is 57.1 Å². The van der Waals surface area contributed by atoms with Gasteiger partial charge in [0.1, 0.15) is 11.6 Å². The number of nitrogens with zero attached hydrogens (tertiary/aromatic N) is 4. The number of likely N-dealkylation sites (tertiary alicyclic amines) is 1. The summed E-state index contributed by atoms with van der Waals surface area (Å²) in [4.78, 5) is 27.2. The lowest BCUT2D eigenvalue weighted by atomic mass is 10.0. The van der Waals surface area contributed by atoms with Crippen LogP contribution in [0, 0.1) is 18.8 Å². The van der Waals surface area contributed by atoms with Crippen LogP contribution in [0.5, 0.6) is 17.2 Å². The molecule has 1 aliphatic carbocycles. The molecule has 8 heteroatoms. The summed E-state index contributed by atoms with van der Waals surface area (Å²) in [6.07, 6.45) is 3.29. The van der Waals surface area contributed by atoms with Gasteiger partial charge in [-0.1, -0.05) is 0 Å². The quantitative estimate of drug-likeness (QED) is 0.710. The van der Waals surface area contributed by atoms with Gasteiger partial charge in [-0.2, -0.15) is 0 Å². The third-order valence-corrected chi connectivity index (χ3v) is 7.03. The van der Waals surface area contributed by atoms with Crippen molar-refractivity contribution in [3.8, 4) is 17.2 Å². The predicted molar refractivity (Wildman–Crippen MR) is 120 cm³/mol. The van der Waals surface area contributed by atoms with Gasteiger partial charge in [-0.25, -0.2) is 9.97 Å². The summed E-state index contributed by atoms with van der Waals surface area (Å²) in [6, 6.07) is 3.52. The van der Waals surface area contributed by atoms with Crippen molar-refractivity contribution in [1.82, 2.24) is 14.9 Å². The van der Waals surface area contributed by atoms with E-state index >= 15 is 0 Å². The van der Waals surface area contributed by atoms with Crippen LogP contribution in [0.3, 0.4) is 0 Å². The Morgan fingerprint density at radius 2 is 1.66 bits per heavy atom. The second-order valence-corrected chi connectivity index (χ2v) is 8.89. The first-order valence-electron chi connectivity index (χ1n) is 11.2. The fraction of sp³-hybridized carbons (Fsp3) is 0.542. The summed E-state index contributed by atoms with van der Waals surface area (Å²) < 4.78 is 16.3. The van der Waals surface area contributed by atoms with Crippen LogP contribution in [0.1, 0.15) is 33.9 Å². The van der Waals surface area contributed by atoms with E-state index in [2.05, 4.69) is 9.88 Å². The highest BCUT2D eigenvalue weighted by atomic mass is 16.5. The Morgan fingerprint density at radius 3 is 2.31 bits per heavy atom. The van der Waals surface area contributed by atoms with Crippen LogP contribution < -0.4 is 19.1 Å². The van der Waals surface area contributed by atoms with E-state index < -0.39 is 0 Å². The van der Waals surface area contributed by atoms with Gasteiger partial charge in [0.25, 0.3) is 5.91 Å². The summed E-state index contributed by atoms with van der Waals surface area (Å²) in [5.74, 6) is 4.25. The van der Waals surface area contributed by atoms with Gasteiger partial charge in [-0.3, -0.25) is 4.79 Å². The van der Waals surface area contributed by atoms with E-state index in [1.165, 1.54) is 11.3 Å². The zero-order chi connectivity index (χ0) is 22.4. The molecule has 0 spiro atoms. The van der Waals surface area contributed by atoms with Gasteiger partial charge in [0.15, 0.2) is 11.5 Å². The molecule has 0 bridgehead atoms. The number of anilines is 1. The fourth-order valence-electron chi connectivity index (χ4n) is 5.57. The molecule has 2 aromatic rings. The molecule has 2 aliphatic heterocycles. The predicted octanol–water partition coefficient (Wildman–Crippen LogP) is 2.51. The lowest BCUT2D eigenvalue weighted by molar-refractivity contribution is 0.0778. The van der Waals surface area contributed by atoms with Crippen molar-refractivity contribution in [1.29, 1.82) is 0 Å². The standard InChI is InChI=1S/C24H30N4O4/c1-14-25-19-7-5-6-17(19)23(26-14)27-10-15-12-28(13-16(15)11-27)24(29)18-8-9-20(30-2)22(32-4)21(18)31-3/h8-9,15-16H,5-7,10-13H2,1-4H3. The van der Waals surface area contributed by atoms with Crippen molar-refractivity contribution in [2.45, 2.75) is 26.2 Å². The molecule has 1 amide bonds. The molecule has 0 saturated carbocycles.